The number of amides is 1. The van der Waals surface area contributed by atoms with Gasteiger partial charge in [0.1, 0.15) is 22.2 Å². The minimum atomic E-state index is -4.11. The first-order chi connectivity index (χ1) is 15.4. The molecule has 0 bridgehead atoms. The normalized spacial score (nSPS) is 12.0. The van der Waals surface area contributed by atoms with Crippen molar-refractivity contribution in [2.45, 2.75) is 11.4 Å². The van der Waals surface area contributed by atoms with Gasteiger partial charge >= 0.3 is 0 Å². The van der Waals surface area contributed by atoms with Crippen molar-refractivity contribution in [2.24, 2.45) is 0 Å². The fourth-order valence-corrected chi connectivity index (χ4v) is 4.47. The van der Waals surface area contributed by atoms with E-state index in [2.05, 4.69) is 5.32 Å². The van der Waals surface area contributed by atoms with E-state index in [1.165, 1.54) is 24.5 Å². The van der Waals surface area contributed by atoms with Crippen LogP contribution in [0.3, 0.4) is 0 Å². The first kappa shape index (κ1) is 21.7. The minimum absolute atomic E-state index is 0.00359. The lowest BCUT2D eigenvalue weighted by Crippen LogP contribution is -2.28. The van der Waals surface area contributed by atoms with Gasteiger partial charge in [-0.2, -0.15) is 0 Å². The van der Waals surface area contributed by atoms with Crippen molar-refractivity contribution in [3.63, 3.8) is 0 Å². The number of sulfone groups is 1. The molecular weight excluding hydrogens is 450 g/mol. The monoisotopic (exact) mass is 467 g/mol. The van der Waals surface area contributed by atoms with Gasteiger partial charge < -0.3 is 14.2 Å². The molecule has 2 aromatic carbocycles. The summed E-state index contributed by atoms with van der Waals surface area (Å²) in [6.07, 6.45) is 2.69. The molecule has 0 saturated heterocycles. The Morgan fingerprint density at radius 3 is 2.38 bits per heavy atom. The zero-order chi connectivity index (χ0) is 22.6. The number of halogens is 1. The SMILES string of the molecule is O=C(NCc1ccco1)C(=Cc1ccc(-c2ccc(Cl)cc2)o1)S(=O)(=O)c1ccccc1. The van der Waals surface area contributed by atoms with Gasteiger partial charge in [-0.25, -0.2) is 8.42 Å². The van der Waals surface area contributed by atoms with E-state index in [0.717, 1.165) is 5.56 Å². The van der Waals surface area contributed by atoms with E-state index in [4.69, 9.17) is 20.4 Å². The highest BCUT2D eigenvalue weighted by Crippen LogP contribution is 2.27. The Hall–Kier alpha value is -3.55. The second kappa shape index (κ2) is 9.30. The molecule has 2 aromatic heterocycles. The Labute approximate surface area is 190 Å². The van der Waals surface area contributed by atoms with Gasteiger partial charge in [-0.3, -0.25) is 4.79 Å². The summed E-state index contributed by atoms with van der Waals surface area (Å²) in [4.78, 5) is 12.5. The quantitative estimate of drug-likeness (QED) is 0.371. The van der Waals surface area contributed by atoms with E-state index in [1.54, 1.807) is 66.7 Å². The fourth-order valence-electron chi connectivity index (χ4n) is 2.99. The average molecular weight is 468 g/mol. The van der Waals surface area contributed by atoms with Gasteiger partial charge in [0.15, 0.2) is 0 Å². The van der Waals surface area contributed by atoms with E-state index >= 15 is 0 Å². The van der Waals surface area contributed by atoms with Crippen LogP contribution in [0.4, 0.5) is 0 Å². The predicted molar refractivity (Wildman–Crippen MR) is 121 cm³/mol. The van der Waals surface area contributed by atoms with E-state index in [-0.39, 0.29) is 17.2 Å². The molecular formula is C24H18ClNO5S. The van der Waals surface area contributed by atoms with Crippen LogP contribution in [0, 0.1) is 0 Å². The zero-order valence-corrected chi connectivity index (χ0v) is 18.3. The Morgan fingerprint density at radius 1 is 0.938 bits per heavy atom. The van der Waals surface area contributed by atoms with Crippen LogP contribution >= 0.6 is 11.6 Å². The third-order valence-electron chi connectivity index (χ3n) is 4.60. The van der Waals surface area contributed by atoms with Gasteiger partial charge in [-0.15, -0.1) is 0 Å². The van der Waals surface area contributed by atoms with Gasteiger partial charge in [0.2, 0.25) is 9.84 Å². The Kier molecular flexibility index (Phi) is 6.30. The first-order valence-electron chi connectivity index (χ1n) is 9.62. The molecule has 4 rings (SSSR count). The van der Waals surface area contributed by atoms with Crippen LogP contribution < -0.4 is 5.32 Å². The summed E-state index contributed by atoms with van der Waals surface area (Å²) >= 11 is 5.93. The number of hydrogen-bond acceptors (Lipinski definition) is 5. The van der Waals surface area contributed by atoms with Gasteiger partial charge in [-0.1, -0.05) is 29.8 Å². The fraction of sp³-hybridized carbons (Fsp3) is 0.0417. The highest BCUT2D eigenvalue weighted by atomic mass is 35.5. The van der Waals surface area contributed by atoms with Gasteiger partial charge in [0.25, 0.3) is 5.91 Å². The molecule has 2 heterocycles. The van der Waals surface area contributed by atoms with Gasteiger partial charge in [0, 0.05) is 16.7 Å². The molecule has 0 atom stereocenters. The van der Waals surface area contributed by atoms with Gasteiger partial charge in [0.05, 0.1) is 17.7 Å². The smallest absolute Gasteiger partial charge is 0.263 e. The molecule has 1 amide bonds. The molecule has 1 N–H and O–H groups in total. The van der Waals surface area contributed by atoms with Crippen LogP contribution in [0.2, 0.25) is 5.02 Å². The van der Waals surface area contributed by atoms with Crippen molar-refractivity contribution < 1.29 is 22.0 Å². The molecule has 0 unspecified atom stereocenters. The van der Waals surface area contributed by atoms with Crippen molar-refractivity contribution in [3.05, 3.63) is 107 Å². The second-order valence-corrected chi connectivity index (χ2v) is 9.15. The van der Waals surface area contributed by atoms with E-state index < -0.39 is 20.6 Å². The Balaban J connectivity index is 1.69. The van der Waals surface area contributed by atoms with Crippen LogP contribution in [0.15, 0.2) is 104 Å². The summed E-state index contributed by atoms with van der Waals surface area (Å²) in [7, 11) is -4.11. The first-order valence-corrected chi connectivity index (χ1v) is 11.5. The summed E-state index contributed by atoms with van der Waals surface area (Å²) in [5, 5.41) is 3.18. The van der Waals surface area contributed by atoms with E-state index in [9.17, 15) is 13.2 Å². The van der Waals surface area contributed by atoms with Gasteiger partial charge in [-0.05, 0) is 60.7 Å². The summed E-state index contributed by atoms with van der Waals surface area (Å²) in [6, 6.07) is 21.4. The number of hydrogen-bond donors (Lipinski definition) is 1. The molecule has 162 valence electrons. The molecule has 32 heavy (non-hydrogen) atoms. The number of rotatable bonds is 7. The highest BCUT2D eigenvalue weighted by Gasteiger charge is 2.27. The summed E-state index contributed by atoms with van der Waals surface area (Å²) < 4.78 is 37.5. The molecule has 8 heteroatoms. The van der Waals surface area contributed by atoms with Crippen molar-refractivity contribution in [2.75, 3.05) is 0 Å². The largest absolute Gasteiger partial charge is 0.467 e. The van der Waals surface area contributed by atoms with Crippen molar-refractivity contribution in [1.82, 2.24) is 5.32 Å². The third-order valence-corrected chi connectivity index (χ3v) is 6.63. The second-order valence-electron chi connectivity index (χ2n) is 6.80. The van der Waals surface area contributed by atoms with E-state index in [0.29, 0.717) is 16.5 Å². The number of benzene rings is 2. The van der Waals surface area contributed by atoms with Crippen molar-refractivity contribution in [3.8, 4) is 11.3 Å². The summed E-state index contributed by atoms with van der Waals surface area (Å²) in [5.74, 6) is 0.463. The standard InChI is InChI=1S/C24H18ClNO5S/c25-18-10-8-17(9-11-18)22-13-12-19(31-22)15-23(24(27)26-16-20-5-4-14-30-20)32(28,29)21-6-2-1-3-7-21/h1-15H,16H2,(H,26,27). The predicted octanol–water partition coefficient (Wildman–Crippen LogP) is 5.32. The lowest BCUT2D eigenvalue weighted by Gasteiger charge is -2.09. The number of nitrogens with one attached hydrogen (secondary N) is 1. The third kappa shape index (κ3) is 4.85. The van der Waals surface area contributed by atoms with Crippen LogP contribution in [-0.2, 0) is 21.2 Å². The molecule has 0 aliphatic carbocycles. The highest BCUT2D eigenvalue weighted by molar-refractivity contribution is 7.96. The maximum atomic E-state index is 13.2. The van der Waals surface area contributed by atoms with Crippen molar-refractivity contribution in [1.29, 1.82) is 0 Å². The average Bonchev–Trinajstić information content (AvgIpc) is 3.49. The zero-order valence-electron chi connectivity index (χ0n) is 16.7. The molecule has 0 aliphatic heterocycles. The number of furan rings is 2. The molecule has 0 radical (unpaired) electrons. The minimum Gasteiger partial charge on any atom is -0.467 e. The van der Waals surface area contributed by atoms with Crippen LogP contribution in [0.5, 0.6) is 0 Å². The van der Waals surface area contributed by atoms with Crippen LogP contribution in [-0.4, -0.2) is 14.3 Å². The van der Waals surface area contributed by atoms with Crippen LogP contribution in [0.1, 0.15) is 11.5 Å². The summed E-state index contributed by atoms with van der Waals surface area (Å²) in [5.41, 5.74) is 0.767. The van der Waals surface area contributed by atoms with E-state index in [1.807, 2.05) is 0 Å². The molecule has 6 nitrogen and oxygen atoms in total. The number of carbonyl (C=O) groups excluding carboxylic acids is 1. The van der Waals surface area contributed by atoms with Crippen LogP contribution in [0.25, 0.3) is 17.4 Å². The lowest BCUT2D eigenvalue weighted by molar-refractivity contribution is -0.117. The molecule has 0 spiro atoms. The lowest BCUT2D eigenvalue weighted by atomic mass is 10.2. The molecule has 0 aliphatic rings. The maximum absolute atomic E-state index is 13.2. The molecule has 0 saturated carbocycles. The topological polar surface area (TPSA) is 89.5 Å². The molecule has 4 aromatic rings. The molecule has 0 fully saturated rings. The maximum Gasteiger partial charge on any atom is 0.263 e. The number of carbonyl (C=O) groups is 1. The summed E-state index contributed by atoms with van der Waals surface area (Å²) in [6.45, 7) is 0.0433. The van der Waals surface area contributed by atoms with Crippen molar-refractivity contribution >= 4 is 33.4 Å². The Bertz CT molecular complexity index is 1340. The Morgan fingerprint density at radius 2 is 1.69 bits per heavy atom.